The largest absolute Gasteiger partial charge is 0.323 e. The van der Waals surface area contributed by atoms with Crippen molar-refractivity contribution in [1.82, 2.24) is 0 Å². The molecule has 0 atom stereocenters. The SMILES string of the molecule is Cc1cc(NC(=O)Nc2ccccc2)c(C)s1. The Morgan fingerprint density at radius 2 is 1.82 bits per heavy atom. The molecule has 1 heterocycles. The standard InChI is InChI=1S/C13H14N2OS/c1-9-8-12(10(2)17-9)15-13(16)14-11-6-4-3-5-7-11/h3-8H,1-2H3,(H2,14,15,16). The normalized spacial score (nSPS) is 10.0. The molecule has 2 aromatic rings. The Kier molecular flexibility index (Phi) is 3.44. The Labute approximate surface area is 104 Å². The molecule has 2 rings (SSSR count). The summed E-state index contributed by atoms with van der Waals surface area (Å²) in [6.07, 6.45) is 0. The number of anilines is 2. The van der Waals surface area contributed by atoms with Gasteiger partial charge in [0.25, 0.3) is 0 Å². The number of aryl methyl sites for hydroxylation is 2. The molecule has 1 aromatic heterocycles. The Balaban J connectivity index is 2.01. The lowest BCUT2D eigenvalue weighted by Crippen LogP contribution is -2.19. The molecule has 0 aliphatic heterocycles. The van der Waals surface area contributed by atoms with Gasteiger partial charge in [0.2, 0.25) is 0 Å². The van der Waals surface area contributed by atoms with E-state index in [1.807, 2.05) is 50.2 Å². The van der Waals surface area contributed by atoms with E-state index in [9.17, 15) is 4.79 Å². The fraction of sp³-hybridized carbons (Fsp3) is 0.154. The van der Waals surface area contributed by atoms with Gasteiger partial charge in [0.15, 0.2) is 0 Å². The molecular weight excluding hydrogens is 232 g/mol. The fourth-order valence-corrected chi connectivity index (χ4v) is 2.44. The van der Waals surface area contributed by atoms with Gasteiger partial charge in [-0.25, -0.2) is 4.79 Å². The molecule has 0 fully saturated rings. The van der Waals surface area contributed by atoms with E-state index < -0.39 is 0 Å². The molecule has 0 spiro atoms. The minimum Gasteiger partial charge on any atom is -0.308 e. The lowest BCUT2D eigenvalue weighted by atomic mass is 10.3. The van der Waals surface area contributed by atoms with Crippen molar-refractivity contribution in [3.05, 3.63) is 46.2 Å². The molecule has 1 aromatic carbocycles. The topological polar surface area (TPSA) is 41.1 Å². The quantitative estimate of drug-likeness (QED) is 0.826. The van der Waals surface area contributed by atoms with Gasteiger partial charge >= 0.3 is 6.03 Å². The van der Waals surface area contributed by atoms with Crippen LogP contribution in [-0.4, -0.2) is 6.03 Å². The number of hydrogen-bond acceptors (Lipinski definition) is 2. The van der Waals surface area contributed by atoms with Crippen LogP contribution in [0.15, 0.2) is 36.4 Å². The van der Waals surface area contributed by atoms with Gasteiger partial charge in [-0.05, 0) is 32.0 Å². The fourth-order valence-electron chi connectivity index (χ4n) is 1.56. The number of hydrogen-bond donors (Lipinski definition) is 2. The second kappa shape index (κ2) is 5.01. The Morgan fingerprint density at radius 3 is 2.41 bits per heavy atom. The van der Waals surface area contributed by atoms with Crippen molar-refractivity contribution in [2.24, 2.45) is 0 Å². The van der Waals surface area contributed by atoms with Gasteiger partial charge < -0.3 is 10.6 Å². The van der Waals surface area contributed by atoms with Crippen LogP contribution in [0.3, 0.4) is 0 Å². The van der Waals surface area contributed by atoms with Gasteiger partial charge in [0.05, 0.1) is 5.69 Å². The van der Waals surface area contributed by atoms with Gasteiger partial charge in [-0.2, -0.15) is 0 Å². The van der Waals surface area contributed by atoms with Crippen molar-refractivity contribution < 1.29 is 4.79 Å². The number of urea groups is 1. The summed E-state index contributed by atoms with van der Waals surface area (Å²) in [7, 11) is 0. The zero-order valence-electron chi connectivity index (χ0n) is 9.78. The van der Waals surface area contributed by atoms with Crippen molar-refractivity contribution in [3.8, 4) is 0 Å². The second-order valence-electron chi connectivity index (χ2n) is 3.77. The van der Waals surface area contributed by atoms with Crippen LogP contribution in [0.4, 0.5) is 16.2 Å². The van der Waals surface area contributed by atoms with Crippen molar-refractivity contribution in [3.63, 3.8) is 0 Å². The van der Waals surface area contributed by atoms with Gasteiger partial charge in [0.1, 0.15) is 0 Å². The second-order valence-corrected chi connectivity index (χ2v) is 5.23. The summed E-state index contributed by atoms with van der Waals surface area (Å²) >= 11 is 1.68. The van der Waals surface area contributed by atoms with Crippen LogP contribution in [0.1, 0.15) is 9.75 Å². The first-order valence-corrected chi connectivity index (χ1v) is 6.17. The highest BCUT2D eigenvalue weighted by Crippen LogP contribution is 2.25. The van der Waals surface area contributed by atoms with E-state index in [2.05, 4.69) is 10.6 Å². The smallest absolute Gasteiger partial charge is 0.308 e. The van der Waals surface area contributed by atoms with Crippen LogP contribution >= 0.6 is 11.3 Å². The predicted octanol–water partition coefficient (Wildman–Crippen LogP) is 4.01. The number of thiophene rings is 1. The molecule has 0 bridgehead atoms. The summed E-state index contributed by atoms with van der Waals surface area (Å²) in [5.74, 6) is 0. The van der Waals surface area contributed by atoms with Gasteiger partial charge in [-0.3, -0.25) is 0 Å². The molecular formula is C13H14N2OS. The zero-order valence-corrected chi connectivity index (χ0v) is 10.6. The van der Waals surface area contributed by atoms with Crippen LogP contribution in [0.5, 0.6) is 0 Å². The van der Waals surface area contributed by atoms with Crippen LogP contribution in [0.2, 0.25) is 0 Å². The maximum Gasteiger partial charge on any atom is 0.323 e. The van der Waals surface area contributed by atoms with Gasteiger partial charge in [0, 0.05) is 15.4 Å². The lowest BCUT2D eigenvalue weighted by molar-refractivity contribution is 0.262. The van der Waals surface area contributed by atoms with Crippen LogP contribution < -0.4 is 10.6 Å². The average Bonchev–Trinajstić information content (AvgIpc) is 2.58. The van der Waals surface area contributed by atoms with Crippen LogP contribution in [0.25, 0.3) is 0 Å². The van der Waals surface area contributed by atoms with Crippen molar-refractivity contribution in [2.45, 2.75) is 13.8 Å². The number of nitrogens with one attached hydrogen (secondary N) is 2. The maximum absolute atomic E-state index is 11.7. The predicted molar refractivity (Wildman–Crippen MR) is 72.9 cm³/mol. The number of amides is 2. The van der Waals surface area contributed by atoms with Crippen molar-refractivity contribution >= 4 is 28.7 Å². The van der Waals surface area contributed by atoms with E-state index in [4.69, 9.17) is 0 Å². The summed E-state index contributed by atoms with van der Waals surface area (Å²) in [6.45, 7) is 4.02. The third-order valence-corrected chi connectivity index (χ3v) is 3.29. The molecule has 17 heavy (non-hydrogen) atoms. The monoisotopic (exact) mass is 246 g/mol. The summed E-state index contributed by atoms with van der Waals surface area (Å²) in [5.41, 5.74) is 1.66. The summed E-state index contributed by atoms with van der Waals surface area (Å²) < 4.78 is 0. The molecule has 3 nitrogen and oxygen atoms in total. The first-order chi connectivity index (χ1) is 8.15. The van der Waals surface area contributed by atoms with Crippen LogP contribution in [-0.2, 0) is 0 Å². The number of carbonyl (C=O) groups excluding carboxylic acids is 1. The molecule has 0 aliphatic rings. The summed E-state index contributed by atoms with van der Waals surface area (Å²) in [4.78, 5) is 14.0. The Morgan fingerprint density at radius 1 is 1.12 bits per heavy atom. The highest BCUT2D eigenvalue weighted by molar-refractivity contribution is 7.12. The molecule has 88 valence electrons. The van der Waals surface area contributed by atoms with E-state index in [1.165, 1.54) is 4.88 Å². The molecule has 2 N–H and O–H groups in total. The Bertz CT molecular complexity index is 519. The molecule has 2 amide bonds. The molecule has 0 saturated heterocycles. The molecule has 0 aliphatic carbocycles. The van der Waals surface area contributed by atoms with Crippen molar-refractivity contribution in [1.29, 1.82) is 0 Å². The molecule has 0 radical (unpaired) electrons. The van der Waals surface area contributed by atoms with E-state index >= 15 is 0 Å². The molecule has 0 saturated carbocycles. The lowest BCUT2D eigenvalue weighted by Gasteiger charge is -2.06. The molecule has 4 heteroatoms. The van der Waals surface area contributed by atoms with E-state index in [0.29, 0.717) is 0 Å². The average molecular weight is 246 g/mol. The van der Waals surface area contributed by atoms with E-state index in [1.54, 1.807) is 11.3 Å². The highest BCUT2D eigenvalue weighted by Gasteiger charge is 2.06. The number of carbonyl (C=O) groups is 1. The summed E-state index contributed by atoms with van der Waals surface area (Å²) in [5, 5.41) is 5.62. The summed E-state index contributed by atoms with van der Waals surface area (Å²) in [6, 6.07) is 11.2. The zero-order chi connectivity index (χ0) is 12.3. The first-order valence-electron chi connectivity index (χ1n) is 5.35. The van der Waals surface area contributed by atoms with Crippen molar-refractivity contribution in [2.75, 3.05) is 10.6 Å². The number of benzene rings is 1. The van der Waals surface area contributed by atoms with E-state index in [-0.39, 0.29) is 6.03 Å². The van der Waals surface area contributed by atoms with Gasteiger partial charge in [-0.15, -0.1) is 11.3 Å². The minimum atomic E-state index is -0.211. The molecule has 0 unspecified atom stereocenters. The third kappa shape index (κ3) is 3.07. The minimum absolute atomic E-state index is 0.211. The van der Waals surface area contributed by atoms with Crippen LogP contribution in [0, 0.1) is 13.8 Å². The first kappa shape index (κ1) is 11.7. The maximum atomic E-state index is 11.7. The number of rotatable bonds is 2. The Hall–Kier alpha value is -1.81. The van der Waals surface area contributed by atoms with Gasteiger partial charge in [-0.1, -0.05) is 18.2 Å². The third-order valence-electron chi connectivity index (χ3n) is 2.32. The number of para-hydroxylation sites is 1. The highest BCUT2D eigenvalue weighted by atomic mass is 32.1. The van der Waals surface area contributed by atoms with E-state index in [0.717, 1.165) is 16.3 Å².